The molecule has 3 rings (SSSR count). The molecule has 1 aromatic heterocycles. The maximum absolute atomic E-state index is 12.2. The lowest BCUT2D eigenvalue weighted by Crippen LogP contribution is -2.26. The highest BCUT2D eigenvalue weighted by atomic mass is 19.3. The third-order valence-corrected chi connectivity index (χ3v) is 4.82. The summed E-state index contributed by atoms with van der Waals surface area (Å²) in [4.78, 5) is 8.77. The minimum absolute atomic E-state index is 0.139. The molecule has 134 valence electrons. The van der Waals surface area contributed by atoms with Gasteiger partial charge in [0, 0.05) is 24.0 Å². The van der Waals surface area contributed by atoms with Crippen LogP contribution in [0.5, 0.6) is 5.75 Å². The SMILES string of the molecule is CCC1CCC(Nc2ncc(-c3ccc(OC(F)F)cc3)cn2)CC1. The van der Waals surface area contributed by atoms with Gasteiger partial charge in [-0.2, -0.15) is 8.78 Å². The number of rotatable bonds is 6. The largest absolute Gasteiger partial charge is 0.435 e. The second-order valence-corrected chi connectivity index (χ2v) is 6.47. The van der Waals surface area contributed by atoms with E-state index in [1.54, 1.807) is 24.5 Å². The number of nitrogens with one attached hydrogen (secondary N) is 1. The predicted molar refractivity (Wildman–Crippen MR) is 93.8 cm³/mol. The second-order valence-electron chi connectivity index (χ2n) is 6.47. The monoisotopic (exact) mass is 347 g/mol. The van der Waals surface area contributed by atoms with Crippen molar-refractivity contribution in [2.75, 3.05) is 5.32 Å². The van der Waals surface area contributed by atoms with E-state index >= 15 is 0 Å². The first kappa shape index (κ1) is 17.6. The van der Waals surface area contributed by atoms with Crippen LogP contribution in [-0.2, 0) is 0 Å². The van der Waals surface area contributed by atoms with Crippen LogP contribution in [0.4, 0.5) is 14.7 Å². The van der Waals surface area contributed by atoms with E-state index in [9.17, 15) is 8.78 Å². The Balaban J connectivity index is 1.58. The Labute approximate surface area is 146 Å². The maximum atomic E-state index is 12.2. The van der Waals surface area contributed by atoms with Crippen molar-refractivity contribution in [3.8, 4) is 16.9 Å². The number of anilines is 1. The first-order valence-corrected chi connectivity index (χ1v) is 8.78. The summed E-state index contributed by atoms with van der Waals surface area (Å²) >= 11 is 0. The van der Waals surface area contributed by atoms with E-state index in [2.05, 4.69) is 26.9 Å². The Kier molecular flexibility index (Phi) is 5.79. The smallest absolute Gasteiger partial charge is 0.387 e. The molecule has 4 nitrogen and oxygen atoms in total. The molecule has 0 radical (unpaired) electrons. The number of hydrogen-bond acceptors (Lipinski definition) is 4. The van der Waals surface area contributed by atoms with Crippen LogP contribution in [0, 0.1) is 5.92 Å². The summed E-state index contributed by atoms with van der Waals surface area (Å²) in [5, 5.41) is 3.41. The summed E-state index contributed by atoms with van der Waals surface area (Å²) in [6.07, 6.45) is 9.61. The number of hydrogen-bond donors (Lipinski definition) is 1. The lowest BCUT2D eigenvalue weighted by atomic mass is 9.85. The van der Waals surface area contributed by atoms with Crippen molar-refractivity contribution < 1.29 is 13.5 Å². The van der Waals surface area contributed by atoms with Gasteiger partial charge in [0.1, 0.15) is 5.75 Å². The lowest BCUT2D eigenvalue weighted by Gasteiger charge is -2.28. The molecule has 25 heavy (non-hydrogen) atoms. The van der Waals surface area contributed by atoms with Crippen LogP contribution in [0.15, 0.2) is 36.7 Å². The number of halogens is 2. The van der Waals surface area contributed by atoms with Crippen LogP contribution in [0.25, 0.3) is 11.1 Å². The van der Waals surface area contributed by atoms with Gasteiger partial charge in [-0.3, -0.25) is 0 Å². The molecule has 1 fully saturated rings. The van der Waals surface area contributed by atoms with Gasteiger partial charge in [0.25, 0.3) is 0 Å². The van der Waals surface area contributed by atoms with Gasteiger partial charge in [-0.1, -0.05) is 25.5 Å². The molecule has 0 amide bonds. The van der Waals surface area contributed by atoms with Crippen molar-refractivity contribution in [1.29, 1.82) is 0 Å². The van der Waals surface area contributed by atoms with Crippen molar-refractivity contribution in [2.24, 2.45) is 5.92 Å². The summed E-state index contributed by atoms with van der Waals surface area (Å²) in [5.74, 6) is 1.64. The highest BCUT2D eigenvalue weighted by Crippen LogP contribution is 2.28. The average Bonchev–Trinajstić information content (AvgIpc) is 2.63. The summed E-state index contributed by atoms with van der Waals surface area (Å²) in [6, 6.07) is 6.91. The fraction of sp³-hybridized carbons (Fsp3) is 0.474. The molecule has 1 heterocycles. The number of nitrogens with zero attached hydrogens (tertiary/aromatic N) is 2. The molecule has 0 atom stereocenters. The molecule has 1 aliphatic rings. The molecule has 0 spiro atoms. The molecule has 6 heteroatoms. The molecular formula is C19H23F2N3O. The Bertz CT molecular complexity index is 653. The van der Waals surface area contributed by atoms with Crippen LogP contribution < -0.4 is 10.1 Å². The Morgan fingerprint density at radius 1 is 1.04 bits per heavy atom. The first-order chi connectivity index (χ1) is 12.1. The molecule has 1 saturated carbocycles. The van der Waals surface area contributed by atoms with Gasteiger partial charge in [-0.15, -0.1) is 0 Å². The molecule has 0 saturated heterocycles. The normalized spacial score (nSPS) is 20.5. The fourth-order valence-electron chi connectivity index (χ4n) is 3.28. The minimum Gasteiger partial charge on any atom is -0.435 e. The van der Waals surface area contributed by atoms with Gasteiger partial charge in [0.05, 0.1) is 0 Å². The van der Waals surface area contributed by atoms with Gasteiger partial charge in [0.15, 0.2) is 0 Å². The molecule has 2 aromatic rings. The maximum Gasteiger partial charge on any atom is 0.387 e. The van der Waals surface area contributed by atoms with E-state index in [-0.39, 0.29) is 5.75 Å². The Morgan fingerprint density at radius 3 is 2.24 bits per heavy atom. The van der Waals surface area contributed by atoms with E-state index in [0.717, 1.165) is 29.9 Å². The molecule has 0 bridgehead atoms. The third-order valence-electron chi connectivity index (χ3n) is 4.82. The average molecular weight is 347 g/mol. The molecule has 0 unspecified atom stereocenters. The zero-order valence-electron chi connectivity index (χ0n) is 14.3. The zero-order chi connectivity index (χ0) is 17.6. The van der Waals surface area contributed by atoms with E-state index in [0.29, 0.717) is 12.0 Å². The summed E-state index contributed by atoms with van der Waals surface area (Å²) < 4.78 is 28.7. The van der Waals surface area contributed by atoms with Crippen LogP contribution in [0.1, 0.15) is 39.0 Å². The number of aromatic nitrogens is 2. The van der Waals surface area contributed by atoms with Gasteiger partial charge in [-0.05, 0) is 49.3 Å². The molecule has 1 aliphatic carbocycles. The second kappa shape index (κ2) is 8.23. The third kappa shape index (κ3) is 4.87. The molecule has 1 aromatic carbocycles. The summed E-state index contributed by atoms with van der Waals surface area (Å²) in [5.41, 5.74) is 1.69. The van der Waals surface area contributed by atoms with Crippen molar-refractivity contribution in [3.05, 3.63) is 36.7 Å². The first-order valence-electron chi connectivity index (χ1n) is 8.78. The standard InChI is InChI=1S/C19H23F2N3O/c1-2-13-3-7-16(8-4-13)24-19-22-11-15(12-23-19)14-5-9-17(10-6-14)25-18(20)21/h5-6,9-13,16,18H,2-4,7-8H2,1H3,(H,22,23,24). The molecule has 1 N–H and O–H groups in total. The van der Waals surface area contributed by atoms with Gasteiger partial charge in [-0.25, -0.2) is 9.97 Å². The quantitative estimate of drug-likeness (QED) is 0.787. The predicted octanol–water partition coefficient (Wildman–Crippen LogP) is 5.13. The highest BCUT2D eigenvalue weighted by molar-refractivity contribution is 5.62. The highest BCUT2D eigenvalue weighted by Gasteiger charge is 2.20. The minimum atomic E-state index is -2.81. The summed E-state index contributed by atoms with van der Waals surface area (Å²) in [7, 11) is 0. The van der Waals surface area contributed by atoms with Crippen molar-refractivity contribution in [2.45, 2.75) is 51.7 Å². The molecule has 0 aliphatic heterocycles. The van der Waals surface area contributed by atoms with Crippen LogP contribution in [0.2, 0.25) is 0 Å². The van der Waals surface area contributed by atoms with Gasteiger partial charge >= 0.3 is 6.61 Å². The topological polar surface area (TPSA) is 47.0 Å². The van der Waals surface area contributed by atoms with E-state index < -0.39 is 6.61 Å². The van der Waals surface area contributed by atoms with Crippen LogP contribution >= 0.6 is 0 Å². The Morgan fingerprint density at radius 2 is 1.68 bits per heavy atom. The fourth-order valence-corrected chi connectivity index (χ4v) is 3.28. The van der Waals surface area contributed by atoms with Crippen molar-refractivity contribution in [3.63, 3.8) is 0 Å². The van der Waals surface area contributed by atoms with Gasteiger partial charge < -0.3 is 10.1 Å². The molecular weight excluding hydrogens is 324 g/mol. The van der Waals surface area contributed by atoms with Crippen LogP contribution in [-0.4, -0.2) is 22.6 Å². The Hall–Kier alpha value is -2.24. The summed E-state index contributed by atoms with van der Waals surface area (Å²) in [6.45, 7) is -0.557. The van der Waals surface area contributed by atoms with E-state index in [1.165, 1.54) is 31.4 Å². The number of alkyl halides is 2. The van der Waals surface area contributed by atoms with E-state index in [1.807, 2.05) is 0 Å². The lowest BCUT2D eigenvalue weighted by molar-refractivity contribution is -0.0498. The number of ether oxygens (including phenoxy) is 1. The number of benzene rings is 1. The van der Waals surface area contributed by atoms with Crippen molar-refractivity contribution in [1.82, 2.24) is 9.97 Å². The van der Waals surface area contributed by atoms with Crippen molar-refractivity contribution >= 4 is 5.95 Å². The van der Waals surface area contributed by atoms with E-state index in [4.69, 9.17) is 0 Å². The van der Waals surface area contributed by atoms with Crippen LogP contribution in [0.3, 0.4) is 0 Å². The van der Waals surface area contributed by atoms with Gasteiger partial charge in [0.2, 0.25) is 5.95 Å². The zero-order valence-corrected chi connectivity index (χ0v) is 14.3.